The topological polar surface area (TPSA) is 90.9 Å². The number of hydrogen-bond acceptors (Lipinski definition) is 6. The van der Waals surface area contributed by atoms with E-state index in [1.54, 1.807) is 32.5 Å². The van der Waals surface area contributed by atoms with Gasteiger partial charge in [0, 0.05) is 29.3 Å². The molecule has 1 aliphatic rings. The lowest BCUT2D eigenvalue weighted by Gasteiger charge is -2.34. The third-order valence-corrected chi connectivity index (χ3v) is 5.13. The highest BCUT2D eigenvalue weighted by Gasteiger charge is 2.46. The van der Waals surface area contributed by atoms with Gasteiger partial charge in [-0.1, -0.05) is 0 Å². The highest BCUT2D eigenvalue weighted by molar-refractivity contribution is 8.00. The van der Waals surface area contributed by atoms with E-state index in [2.05, 4.69) is 10.6 Å². The Hall–Kier alpha value is -0.990. The Balaban J connectivity index is 2.63. The zero-order valence-electron chi connectivity index (χ0n) is 17.3. The summed E-state index contributed by atoms with van der Waals surface area (Å²) in [6, 6.07) is -0.345. The summed E-state index contributed by atoms with van der Waals surface area (Å²) in [6.07, 6.45) is -1.35. The molecule has 0 aliphatic carbocycles. The van der Waals surface area contributed by atoms with E-state index in [0.29, 0.717) is 12.4 Å². The molecular formula is C18H35N3O4S. The van der Waals surface area contributed by atoms with Gasteiger partial charge in [0.1, 0.15) is 11.6 Å². The van der Waals surface area contributed by atoms with Crippen LogP contribution in [0.15, 0.2) is 0 Å². The van der Waals surface area contributed by atoms with Crippen molar-refractivity contribution >= 4 is 23.8 Å². The minimum atomic E-state index is -0.790. The summed E-state index contributed by atoms with van der Waals surface area (Å²) in [5.74, 6) is 0.610. The van der Waals surface area contributed by atoms with Crippen LogP contribution in [0.2, 0.25) is 0 Å². The standard InChI is InChI=1S/C18H35N3O4S/c1-16(2,3)20-14(23)13-18(7,8)26-11-21(13)10-12(22)9-19-15(24)25-17(4,5)6/h12-13,22H,9-11H2,1-8H3,(H,19,24)(H,20,23)/t12-,13+/m0/s1. The van der Waals surface area contributed by atoms with Crippen molar-refractivity contribution in [2.45, 2.75) is 83.4 Å². The monoisotopic (exact) mass is 389 g/mol. The second-order valence-electron chi connectivity index (χ2n) is 9.33. The van der Waals surface area contributed by atoms with E-state index in [9.17, 15) is 14.7 Å². The average Bonchev–Trinajstić information content (AvgIpc) is 2.67. The smallest absolute Gasteiger partial charge is 0.407 e. The molecule has 2 atom stereocenters. The van der Waals surface area contributed by atoms with Crippen molar-refractivity contribution < 1.29 is 19.4 Å². The zero-order valence-corrected chi connectivity index (χ0v) is 18.1. The van der Waals surface area contributed by atoms with Crippen LogP contribution in [0.1, 0.15) is 55.4 Å². The number of rotatable bonds is 5. The lowest BCUT2D eigenvalue weighted by atomic mass is 9.98. The maximum Gasteiger partial charge on any atom is 0.407 e. The summed E-state index contributed by atoms with van der Waals surface area (Å²) < 4.78 is 4.91. The fraction of sp³-hybridized carbons (Fsp3) is 0.889. The molecule has 26 heavy (non-hydrogen) atoms. The number of amides is 2. The molecule has 0 saturated carbocycles. The average molecular weight is 390 g/mol. The molecule has 0 unspecified atom stereocenters. The van der Waals surface area contributed by atoms with Crippen molar-refractivity contribution in [1.29, 1.82) is 0 Å². The number of nitrogens with zero attached hydrogens (tertiary/aromatic N) is 1. The van der Waals surface area contributed by atoms with Crippen LogP contribution in [-0.4, -0.2) is 69.0 Å². The van der Waals surface area contributed by atoms with Crippen LogP contribution in [-0.2, 0) is 9.53 Å². The van der Waals surface area contributed by atoms with Crippen molar-refractivity contribution in [2.24, 2.45) is 0 Å². The van der Waals surface area contributed by atoms with E-state index in [4.69, 9.17) is 4.74 Å². The first-order valence-electron chi connectivity index (χ1n) is 8.96. The molecule has 0 aromatic rings. The molecule has 8 heteroatoms. The van der Waals surface area contributed by atoms with Gasteiger partial charge in [0.2, 0.25) is 5.91 Å². The van der Waals surface area contributed by atoms with E-state index in [1.165, 1.54) is 0 Å². The minimum Gasteiger partial charge on any atom is -0.444 e. The number of alkyl carbamates (subject to hydrolysis) is 1. The lowest BCUT2D eigenvalue weighted by Crippen LogP contribution is -2.57. The molecule has 1 aliphatic heterocycles. The Morgan fingerprint density at radius 1 is 1.27 bits per heavy atom. The summed E-state index contributed by atoms with van der Waals surface area (Å²) >= 11 is 1.69. The molecule has 3 N–H and O–H groups in total. The molecule has 0 aromatic heterocycles. The molecule has 0 bridgehead atoms. The molecule has 1 fully saturated rings. The highest BCUT2D eigenvalue weighted by atomic mass is 32.2. The Morgan fingerprint density at radius 3 is 2.35 bits per heavy atom. The fourth-order valence-corrected chi connectivity index (χ4v) is 3.94. The van der Waals surface area contributed by atoms with Gasteiger partial charge in [-0.2, -0.15) is 0 Å². The van der Waals surface area contributed by atoms with Crippen molar-refractivity contribution in [2.75, 3.05) is 19.0 Å². The van der Waals surface area contributed by atoms with Crippen molar-refractivity contribution in [3.8, 4) is 0 Å². The van der Waals surface area contributed by atoms with Gasteiger partial charge in [0.05, 0.1) is 6.10 Å². The molecule has 1 saturated heterocycles. The van der Waals surface area contributed by atoms with Gasteiger partial charge in [0.15, 0.2) is 0 Å². The van der Waals surface area contributed by atoms with Gasteiger partial charge in [0.25, 0.3) is 0 Å². The number of aliphatic hydroxyl groups excluding tert-OH is 1. The normalized spacial score (nSPS) is 22.0. The quantitative estimate of drug-likeness (QED) is 0.666. The predicted molar refractivity (Wildman–Crippen MR) is 105 cm³/mol. The second-order valence-corrected chi connectivity index (χ2v) is 10.9. The summed E-state index contributed by atoms with van der Waals surface area (Å²) in [5, 5.41) is 15.9. The maximum absolute atomic E-state index is 12.8. The van der Waals surface area contributed by atoms with Crippen LogP contribution in [0, 0.1) is 0 Å². The summed E-state index contributed by atoms with van der Waals surface area (Å²) in [6.45, 7) is 15.6. The lowest BCUT2D eigenvalue weighted by molar-refractivity contribution is -0.128. The van der Waals surface area contributed by atoms with Gasteiger partial charge in [-0.05, 0) is 55.4 Å². The molecule has 0 radical (unpaired) electrons. The van der Waals surface area contributed by atoms with E-state index in [0.717, 1.165) is 0 Å². The van der Waals surface area contributed by atoms with Crippen molar-refractivity contribution in [3.63, 3.8) is 0 Å². The highest BCUT2D eigenvalue weighted by Crippen LogP contribution is 2.39. The van der Waals surface area contributed by atoms with Gasteiger partial charge < -0.3 is 20.5 Å². The first kappa shape index (κ1) is 23.0. The van der Waals surface area contributed by atoms with E-state index in [1.807, 2.05) is 39.5 Å². The number of thioether (sulfide) groups is 1. The summed E-state index contributed by atoms with van der Waals surface area (Å²) in [7, 11) is 0. The Labute approximate surface area is 161 Å². The van der Waals surface area contributed by atoms with Gasteiger partial charge in [-0.25, -0.2) is 4.79 Å². The molecular weight excluding hydrogens is 354 g/mol. The third kappa shape index (κ3) is 7.72. The van der Waals surface area contributed by atoms with Crippen LogP contribution < -0.4 is 10.6 Å². The number of hydrogen-bond donors (Lipinski definition) is 3. The SMILES string of the molecule is CC(C)(C)NC(=O)[C@H]1N(C[C@@H](O)CNC(=O)OC(C)(C)C)CSC1(C)C. The molecule has 1 heterocycles. The maximum atomic E-state index is 12.8. The molecule has 152 valence electrons. The van der Waals surface area contributed by atoms with Crippen molar-refractivity contribution in [3.05, 3.63) is 0 Å². The first-order chi connectivity index (χ1) is 11.6. The minimum absolute atomic E-state index is 0.0419. The van der Waals surface area contributed by atoms with E-state index >= 15 is 0 Å². The van der Waals surface area contributed by atoms with E-state index in [-0.39, 0.29) is 28.8 Å². The van der Waals surface area contributed by atoms with Crippen LogP contribution in [0.25, 0.3) is 0 Å². The number of carbonyl (C=O) groups is 2. The number of ether oxygens (including phenoxy) is 1. The largest absolute Gasteiger partial charge is 0.444 e. The van der Waals surface area contributed by atoms with Crippen LogP contribution >= 0.6 is 11.8 Å². The first-order valence-corrected chi connectivity index (χ1v) is 9.94. The van der Waals surface area contributed by atoms with Gasteiger partial charge in [-0.3, -0.25) is 9.69 Å². The molecule has 0 spiro atoms. The third-order valence-electron chi connectivity index (χ3n) is 3.70. The fourth-order valence-electron chi connectivity index (χ4n) is 2.77. The zero-order chi connectivity index (χ0) is 20.3. The van der Waals surface area contributed by atoms with Gasteiger partial charge >= 0.3 is 6.09 Å². The number of carbonyl (C=O) groups excluding carboxylic acids is 2. The molecule has 1 rings (SSSR count). The van der Waals surface area contributed by atoms with Crippen LogP contribution in [0.5, 0.6) is 0 Å². The van der Waals surface area contributed by atoms with E-state index < -0.39 is 17.8 Å². The van der Waals surface area contributed by atoms with Crippen molar-refractivity contribution in [1.82, 2.24) is 15.5 Å². The van der Waals surface area contributed by atoms with Crippen LogP contribution in [0.3, 0.4) is 0 Å². The Kier molecular flexibility index (Phi) is 7.41. The second kappa shape index (κ2) is 8.35. The Bertz CT molecular complexity index is 512. The van der Waals surface area contributed by atoms with Crippen LogP contribution in [0.4, 0.5) is 4.79 Å². The number of aliphatic hydroxyl groups is 1. The summed E-state index contributed by atoms with van der Waals surface area (Å²) in [4.78, 5) is 26.4. The Morgan fingerprint density at radius 2 is 1.85 bits per heavy atom. The van der Waals surface area contributed by atoms with Gasteiger partial charge in [-0.15, -0.1) is 11.8 Å². The molecule has 2 amide bonds. The number of nitrogens with one attached hydrogen (secondary N) is 2. The number of β-amino-alcohol motifs (C(OH)–C–C–N with tert-alkyl or cyclic N) is 1. The summed E-state index contributed by atoms with van der Waals surface area (Å²) in [5.41, 5.74) is -0.899. The predicted octanol–water partition coefficient (Wildman–Crippen LogP) is 1.94. The molecule has 7 nitrogen and oxygen atoms in total. The molecule has 0 aromatic carbocycles.